The summed E-state index contributed by atoms with van der Waals surface area (Å²) in [5, 5.41) is 2.03. The van der Waals surface area contributed by atoms with Gasteiger partial charge in [0.25, 0.3) is 0 Å². The first kappa shape index (κ1) is 17.7. The van der Waals surface area contributed by atoms with Gasteiger partial charge in [-0.15, -0.1) is 11.3 Å². The number of amides is 4. The summed E-state index contributed by atoms with van der Waals surface area (Å²) >= 11 is 1.69. The highest BCUT2D eigenvalue weighted by Crippen LogP contribution is 2.26. The summed E-state index contributed by atoms with van der Waals surface area (Å²) in [7, 11) is 1.54. The van der Waals surface area contributed by atoms with Crippen LogP contribution in [0.3, 0.4) is 0 Å². The van der Waals surface area contributed by atoms with Gasteiger partial charge in [-0.05, 0) is 35.7 Å². The van der Waals surface area contributed by atoms with Gasteiger partial charge in [-0.25, -0.2) is 14.6 Å². The van der Waals surface area contributed by atoms with Crippen molar-refractivity contribution in [2.45, 2.75) is 18.9 Å². The van der Waals surface area contributed by atoms with Gasteiger partial charge < -0.3 is 9.64 Å². The van der Waals surface area contributed by atoms with Crippen molar-refractivity contribution in [2.24, 2.45) is 0 Å². The molecule has 2 atom stereocenters. The molecule has 2 fully saturated rings. The molecule has 1 aromatic heterocycles. The molecule has 140 valence electrons. The summed E-state index contributed by atoms with van der Waals surface area (Å²) < 4.78 is 5.10. The fourth-order valence-electron chi connectivity index (χ4n) is 3.74. The highest BCUT2D eigenvalue weighted by molar-refractivity contribution is 7.10. The minimum absolute atomic E-state index is 0.207. The number of rotatable bonds is 5. The van der Waals surface area contributed by atoms with Crippen LogP contribution in [0.25, 0.3) is 0 Å². The van der Waals surface area contributed by atoms with Crippen molar-refractivity contribution >= 4 is 34.9 Å². The average Bonchev–Trinajstić information content (AvgIpc) is 3.40. The van der Waals surface area contributed by atoms with E-state index in [9.17, 15) is 14.4 Å². The number of hydrogen-bond acceptors (Lipinski definition) is 5. The predicted molar refractivity (Wildman–Crippen MR) is 99.7 cm³/mol. The zero-order valence-corrected chi connectivity index (χ0v) is 15.7. The molecule has 2 aliphatic rings. The number of carbonyl (C=O) groups excluding carboxylic acids is 3. The maximum Gasteiger partial charge on any atom is 0.343 e. The van der Waals surface area contributed by atoms with Gasteiger partial charge in [-0.1, -0.05) is 6.07 Å². The molecule has 0 spiro atoms. The van der Waals surface area contributed by atoms with Crippen LogP contribution in [0.15, 0.2) is 41.8 Å². The fraction of sp³-hybridized carbons (Fsp3) is 0.316. The van der Waals surface area contributed by atoms with E-state index in [1.54, 1.807) is 35.6 Å². The summed E-state index contributed by atoms with van der Waals surface area (Å²) in [4.78, 5) is 42.2. The van der Waals surface area contributed by atoms with Gasteiger partial charge in [-0.3, -0.25) is 9.59 Å². The molecule has 1 N–H and O–H groups in total. The largest absolute Gasteiger partial charge is 0.497 e. The number of nitrogens with zero attached hydrogens (tertiary/aromatic N) is 2. The van der Waals surface area contributed by atoms with Gasteiger partial charge in [0.05, 0.1) is 24.2 Å². The van der Waals surface area contributed by atoms with Crippen LogP contribution in [-0.2, 0) is 9.59 Å². The summed E-state index contributed by atoms with van der Waals surface area (Å²) in [6.07, 6.45) is 2.05. The number of methoxy groups -OCH3 is 1. The van der Waals surface area contributed by atoms with E-state index in [2.05, 4.69) is 6.07 Å². The number of hydrogen-bond donors (Lipinski definition) is 1. The number of quaternary nitrogens is 1. The lowest BCUT2D eigenvalue weighted by molar-refractivity contribution is -0.925. The molecule has 4 rings (SSSR count). The highest BCUT2D eigenvalue weighted by Gasteiger charge is 2.48. The number of carbonyl (C=O) groups is 3. The molecule has 27 heavy (non-hydrogen) atoms. The Hall–Kier alpha value is -2.71. The lowest BCUT2D eigenvalue weighted by Crippen LogP contribution is -3.12. The van der Waals surface area contributed by atoms with E-state index in [0.29, 0.717) is 11.4 Å². The van der Waals surface area contributed by atoms with Gasteiger partial charge in [-0.2, -0.15) is 0 Å². The molecule has 3 heterocycles. The second kappa shape index (κ2) is 7.13. The Kier molecular flexibility index (Phi) is 4.67. The molecule has 0 bridgehead atoms. The Labute approximate surface area is 160 Å². The van der Waals surface area contributed by atoms with Crippen molar-refractivity contribution in [1.29, 1.82) is 0 Å². The van der Waals surface area contributed by atoms with Gasteiger partial charge in [0, 0.05) is 12.8 Å². The summed E-state index contributed by atoms with van der Waals surface area (Å²) in [6.45, 7) is 1.08. The van der Waals surface area contributed by atoms with Crippen LogP contribution in [0, 0.1) is 0 Å². The lowest BCUT2D eigenvalue weighted by atomic mass is 10.2. The zero-order chi connectivity index (χ0) is 19.0. The first-order valence-corrected chi connectivity index (χ1v) is 9.70. The van der Waals surface area contributed by atoms with Crippen LogP contribution in [0.5, 0.6) is 5.75 Å². The third kappa shape index (κ3) is 3.11. The Bertz CT molecular complexity index is 866. The van der Waals surface area contributed by atoms with Crippen molar-refractivity contribution < 1.29 is 24.0 Å². The molecule has 1 aromatic carbocycles. The minimum atomic E-state index is -0.809. The molecule has 2 saturated heterocycles. The summed E-state index contributed by atoms with van der Waals surface area (Å²) in [6, 6.07) is 10.3. The number of likely N-dealkylation sites (tertiary alicyclic amines) is 1. The van der Waals surface area contributed by atoms with Crippen LogP contribution in [0.1, 0.15) is 23.8 Å². The second-order valence-corrected chi connectivity index (χ2v) is 7.61. The van der Waals surface area contributed by atoms with Gasteiger partial charge >= 0.3 is 17.8 Å². The normalized spacial score (nSPS) is 22.8. The van der Waals surface area contributed by atoms with Crippen molar-refractivity contribution in [2.75, 3.05) is 25.2 Å². The van der Waals surface area contributed by atoms with Gasteiger partial charge in [0.15, 0.2) is 6.67 Å². The highest BCUT2D eigenvalue weighted by atomic mass is 32.1. The number of nitrogens with one attached hydrogen (secondary N) is 1. The molecule has 1 unspecified atom stereocenters. The van der Waals surface area contributed by atoms with E-state index in [-0.39, 0.29) is 12.7 Å². The third-order valence-corrected chi connectivity index (χ3v) is 6.10. The number of anilines is 1. The second-order valence-electron chi connectivity index (χ2n) is 6.63. The SMILES string of the molecule is COc1ccc(N2C(=O)C(=O)N(C[NH+]3CCC[C@H]3c3cccs3)C2=O)cc1. The molecule has 0 radical (unpaired) electrons. The molecule has 4 amide bonds. The molecule has 2 aromatic rings. The summed E-state index contributed by atoms with van der Waals surface area (Å²) in [5.74, 6) is -0.960. The average molecular weight is 386 g/mol. The van der Waals surface area contributed by atoms with Gasteiger partial charge in [0.2, 0.25) is 0 Å². The van der Waals surface area contributed by atoms with Crippen LogP contribution in [0.2, 0.25) is 0 Å². The zero-order valence-electron chi connectivity index (χ0n) is 14.9. The van der Waals surface area contributed by atoms with Gasteiger partial charge in [0.1, 0.15) is 11.8 Å². The molecule has 2 aliphatic heterocycles. The van der Waals surface area contributed by atoms with E-state index in [0.717, 1.165) is 34.1 Å². The van der Waals surface area contributed by atoms with Crippen LogP contribution >= 0.6 is 11.3 Å². The minimum Gasteiger partial charge on any atom is -0.497 e. The Morgan fingerprint density at radius 3 is 2.59 bits per heavy atom. The smallest absolute Gasteiger partial charge is 0.343 e. The van der Waals surface area contributed by atoms with E-state index >= 15 is 0 Å². The first-order chi connectivity index (χ1) is 13.1. The van der Waals surface area contributed by atoms with Crippen molar-refractivity contribution in [3.63, 3.8) is 0 Å². The van der Waals surface area contributed by atoms with Crippen LogP contribution in [-0.4, -0.2) is 43.1 Å². The number of urea groups is 1. The van der Waals surface area contributed by atoms with Crippen molar-refractivity contribution in [3.05, 3.63) is 46.7 Å². The lowest BCUT2D eigenvalue weighted by Gasteiger charge is -2.24. The Morgan fingerprint density at radius 2 is 1.93 bits per heavy atom. The number of thiophene rings is 1. The van der Waals surface area contributed by atoms with E-state index in [1.807, 2.05) is 11.4 Å². The number of ether oxygens (including phenoxy) is 1. The van der Waals surface area contributed by atoms with E-state index in [4.69, 9.17) is 4.74 Å². The van der Waals surface area contributed by atoms with Crippen LogP contribution < -0.4 is 14.5 Å². The molecular formula is C19H20N3O4S+. The van der Waals surface area contributed by atoms with Crippen molar-refractivity contribution in [3.8, 4) is 5.75 Å². The molecule has 8 heteroatoms. The van der Waals surface area contributed by atoms with E-state index < -0.39 is 17.8 Å². The van der Waals surface area contributed by atoms with Crippen LogP contribution in [0.4, 0.5) is 10.5 Å². The molecule has 0 saturated carbocycles. The number of imide groups is 2. The van der Waals surface area contributed by atoms with Crippen molar-refractivity contribution in [1.82, 2.24) is 4.90 Å². The maximum absolute atomic E-state index is 12.8. The Morgan fingerprint density at radius 1 is 1.15 bits per heavy atom. The predicted octanol–water partition coefficient (Wildman–Crippen LogP) is 1.43. The molecule has 7 nitrogen and oxygen atoms in total. The fourth-order valence-corrected chi connectivity index (χ4v) is 4.66. The monoisotopic (exact) mass is 386 g/mol. The Balaban J connectivity index is 1.54. The van der Waals surface area contributed by atoms with E-state index in [1.165, 1.54) is 12.0 Å². The first-order valence-electron chi connectivity index (χ1n) is 8.82. The maximum atomic E-state index is 12.8. The quantitative estimate of drug-likeness (QED) is 0.623. The molecular weight excluding hydrogens is 366 g/mol. The molecule has 0 aliphatic carbocycles. The summed E-state index contributed by atoms with van der Waals surface area (Å²) in [5.41, 5.74) is 0.368. The topological polar surface area (TPSA) is 71.4 Å². The number of benzene rings is 1. The standard InChI is InChI=1S/C19H19N3O4S/c1-26-14-8-6-13(7-9-14)22-18(24)17(23)21(19(22)25)12-20-10-2-4-15(20)16-5-3-11-27-16/h3,5-9,11,15H,2,4,10,12H2,1H3/p+1/t15-/m0/s1. The third-order valence-electron chi connectivity index (χ3n) is 5.12.